The number of hydrogen-bond acceptors (Lipinski definition) is 4. The molecule has 0 aliphatic carbocycles. The molecule has 0 N–H and O–H groups in total. The van der Waals surface area contributed by atoms with Gasteiger partial charge < -0.3 is 9.47 Å². The molecule has 0 amide bonds. The van der Waals surface area contributed by atoms with Gasteiger partial charge in [-0.2, -0.15) is 0 Å². The Hall–Kier alpha value is -2.62. The molecule has 0 aliphatic heterocycles. The highest BCUT2D eigenvalue weighted by Crippen LogP contribution is 2.20. The van der Waals surface area contributed by atoms with E-state index in [1.165, 1.54) is 7.11 Å². The van der Waals surface area contributed by atoms with Gasteiger partial charge in [-0.3, -0.25) is 4.98 Å². The van der Waals surface area contributed by atoms with Crippen molar-refractivity contribution in [3.63, 3.8) is 0 Å². The molecular weight excluding hydrogens is 254 g/mol. The molecule has 0 fully saturated rings. The van der Waals surface area contributed by atoms with Crippen LogP contribution >= 0.6 is 0 Å². The molecule has 1 aromatic heterocycles. The molecule has 4 nitrogen and oxygen atoms in total. The van der Waals surface area contributed by atoms with Gasteiger partial charge in [0.05, 0.1) is 19.8 Å². The van der Waals surface area contributed by atoms with Crippen molar-refractivity contribution < 1.29 is 14.3 Å². The number of ether oxygens (including phenoxy) is 2. The Morgan fingerprint density at radius 1 is 1.05 bits per heavy atom. The van der Waals surface area contributed by atoms with Gasteiger partial charge in [0.2, 0.25) is 0 Å². The third kappa shape index (κ3) is 3.23. The van der Waals surface area contributed by atoms with Gasteiger partial charge in [0.15, 0.2) is 0 Å². The van der Waals surface area contributed by atoms with Gasteiger partial charge in [0.25, 0.3) is 0 Å². The number of carbonyl (C=O) groups excluding carboxylic acids is 1. The van der Waals surface area contributed by atoms with Gasteiger partial charge in [-0.15, -0.1) is 0 Å². The van der Waals surface area contributed by atoms with Gasteiger partial charge in [0, 0.05) is 12.4 Å². The third-order valence-electron chi connectivity index (χ3n) is 2.82. The second-order valence-electron chi connectivity index (χ2n) is 4.06. The summed E-state index contributed by atoms with van der Waals surface area (Å²) in [5.41, 5.74) is 2.14. The number of hydrogen-bond donors (Lipinski definition) is 0. The van der Waals surface area contributed by atoms with Crippen LogP contribution in [-0.2, 0) is 9.53 Å². The van der Waals surface area contributed by atoms with E-state index in [2.05, 4.69) is 4.98 Å². The van der Waals surface area contributed by atoms with Crippen molar-refractivity contribution in [1.29, 1.82) is 0 Å². The third-order valence-corrected chi connectivity index (χ3v) is 2.82. The Labute approximate surface area is 117 Å². The maximum atomic E-state index is 11.9. The molecule has 0 aliphatic rings. The summed E-state index contributed by atoms with van der Waals surface area (Å²) in [6.07, 6.45) is 5.06. The molecule has 1 heterocycles. The topological polar surface area (TPSA) is 48.4 Å². The predicted molar refractivity (Wildman–Crippen MR) is 77.1 cm³/mol. The summed E-state index contributed by atoms with van der Waals surface area (Å²) < 4.78 is 9.94. The highest BCUT2D eigenvalue weighted by atomic mass is 16.5. The number of rotatable bonds is 4. The lowest BCUT2D eigenvalue weighted by atomic mass is 10.0. The molecule has 1 aromatic carbocycles. The van der Waals surface area contributed by atoms with Crippen LogP contribution in [0.1, 0.15) is 11.1 Å². The van der Waals surface area contributed by atoms with Crippen molar-refractivity contribution >= 4 is 17.6 Å². The van der Waals surface area contributed by atoms with E-state index in [-0.39, 0.29) is 5.97 Å². The monoisotopic (exact) mass is 269 g/mol. The summed E-state index contributed by atoms with van der Waals surface area (Å²) >= 11 is 0. The molecule has 20 heavy (non-hydrogen) atoms. The van der Waals surface area contributed by atoms with Crippen LogP contribution in [-0.4, -0.2) is 25.2 Å². The largest absolute Gasteiger partial charge is 0.497 e. The SMILES string of the molecule is COC(=O)C(=Cc1ccc(OC)cc1)c1ccncc1. The minimum atomic E-state index is -0.382. The maximum absolute atomic E-state index is 11.9. The lowest BCUT2D eigenvalue weighted by Crippen LogP contribution is -2.03. The fraction of sp³-hybridized carbons (Fsp3) is 0.125. The highest BCUT2D eigenvalue weighted by molar-refractivity contribution is 6.21. The van der Waals surface area contributed by atoms with E-state index in [4.69, 9.17) is 9.47 Å². The van der Waals surface area contributed by atoms with Crippen LogP contribution in [0.3, 0.4) is 0 Å². The quantitative estimate of drug-likeness (QED) is 0.632. The van der Waals surface area contributed by atoms with Crippen LogP contribution in [0.2, 0.25) is 0 Å². The number of carbonyl (C=O) groups is 1. The van der Waals surface area contributed by atoms with Crippen LogP contribution in [0.4, 0.5) is 0 Å². The smallest absolute Gasteiger partial charge is 0.338 e. The van der Waals surface area contributed by atoms with E-state index in [1.807, 2.05) is 24.3 Å². The molecule has 0 atom stereocenters. The summed E-state index contributed by atoms with van der Waals surface area (Å²) in [5, 5.41) is 0. The van der Waals surface area contributed by atoms with Crippen LogP contribution in [0.5, 0.6) is 5.75 Å². The predicted octanol–water partition coefficient (Wildman–Crippen LogP) is 2.80. The standard InChI is InChI=1S/C16H15NO3/c1-19-14-5-3-12(4-6-14)11-15(16(18)20-2)13-7-9-17-10-8-13/h3-11H,1-2H3. The zero-order valence-corrected chi connectivity index (χ0v) is 11.4. The minimum absolute atomic E-state index is 0.382. The van der Waals surface area contributed by atoms with E-state index in [1.54, 1.807) is 37.7 Å². The summed E-state index contributed by atoms with van der Waals surface area (Å²) in [6.45, 7) is 0. The normalized spacial score (nSPS) is 11.0. The molecule has 102 valence electrons. The van der Waals surface area contributed by atoms with Gasteiger partial charge in [0.1, 0.15) is 5.75 Å². The number of esters is 1. The van der Waals surface area contributed by atoms with Crippen molar-refractivity contribution in [3.05, 3.63) is 59.9 Å². The van der Waals surface area contributed by atoms with E-state index < -0.39 is 0 Å². The molecular formula is C16H15NO3. The molecule has 0 saturated heterocycles. The molecule has 4 heteroatoms. The van der Waals surface area contributed by atoms with Crippen molar-refractivity contribution in [3.8, 4) is 5.75 Å². The average Bonchev–Trinajstić information content (AvgIpc) is 2.53. The van der Waals surface area contributed by atoms with Gasteiger partial charge in [-0.1, -0.05) is 12.1 Å². The Bertz CT molecular complexity index is 603. The van der Waals surface area contributed by atoms with Crippen molar-refractivity contribution in [2.75, 3.05) is 14.2 Å². The first-order valence-electron chi connectivity index (χ1n) is 6.09. The van der Waals surface area contributed by atoms with Crippen LogP contribution in [0.25, 0.3) is 11.6 Å². The molecule has 0 unspecified atom stereocenters. The highest BCUT2D eigenvalue weighted by Gasteiger charge is 2.12. The fourth-order valence-electron chi connectivity index (χ4n) is 1.77. The van der Waals surface area contributed by atoms with Crippen molar-refractivity contribution in [1.82, 2.24) is 4.98 Å². The second kappa shape index (κ2) is 6.52. The summed E-state index contributed by atoms with van der Waals surface area (Å²) in [7, 11) is 2.98. The first-order chi connectivity index (χ1) is 9.74. The number of benzene rings is 1. The second-order valence-corrected chi connectivity index (χ2v) is 4.06. The number of aromatic nitrogens is 1. The first-order valence-corrected chi connectivity index (χ1v) is 6.09. The first kappa shape index (κ1) is 13.8. The number of methoxy groups -OCH3 is 2. The van der Waals surface area contributed by atoms with Gasteiger partial charge in [-0.05, 0) is 41.5 Å². The fourth-order valence-corrected chi connectivity index (χ4v) is 1.77. The number of nitrogens with zero attached hydrogens (tertiary/aromatic N) is 1. The van der Waals surface area contributed by atoms with Crippen LogP contribution in [0, 0.1) is 0 Å². The average molecular weight is 269 g/mol. The molecule has 0 saturated carbocycles. The number of pyridine rings is 1. The summed E-state index contributed by atoms with van der Waals surface area (Å²) in [6, 6.07) is 11.0. The van der Waals surface area contributed by atoms with E-state index in [0.717, 1.165) is 16.9 Å². The summed E-state index contributed by atoms with van der Waals surface area (Å²) in [4.78, 5) is 15.9. The van der Waals surface area contributed by atoms with E-state index in [9.17, 15) is 4.79 Å². The maximum Gasteiger partial charge on any atom is 0.338 e. The van der Waals surface area contributed by atoms with Crippen LogP contribution in [0.15, 0.2) is 48.8 Å². The lowest BCUT2D eigenvalue weighted by Gasteiger charge is -2.06. The zero-order chi connectivity index (χ0) is 14.4. The molecule has 2 rings (SSSR count). The Kier molecular flexibility index (Phi) is 4.50. The van der Waals surface area contributed by atoms with E-state index in [0.29, 0.717) is 5.57 Å². The molecule has 0 bridgehead atoms. The molecule has 2 aromatic rings. The van der Waals surface area contributed by atoms with Gasteiger partial charge >= 0.3 is 5.97 Å². The van der Waals surface area contributed by atoms with Crippen molar-refractivity contribution in [2.45, 2.75) is 0 Å². The summed E-state index contributed by atoms with van der Waals surface area (Å²) in [5.74, 6) is 0.387. The molecule has 0 radical (unpaired) electrons. The zero-order valence-electron chi connectivity index (χ0n) is 11.4. The van der Waals surface area contributed by atoms with E-state index >= 15 is 0 Å². The van der Waals surface area contributed by atoms with Gasteiger partial charge in [-0.25, -0.2) is 4.79 Å². The molecule has 0 spiro atoms. The van der Waals surface area contributed by atoms with Crippen LogP contribution < -0.4 is 4.74 Å². The lowest BCUT2D eigenvalue weighted by molar-refractivity contribution is -0.133. The van der Waals surface area contributed by atoms with Crippen molar-refractivity contribution in [2.24, 2.45) is 0 Å². The Morgan fingerprint density at radius 2 is 1.70 bits per heavy atom. The Morgan fingerprint density at radius 3 is 2.25 bits per heavy atom. The minimum Gasteiger partial charge on any atom is -0.497 e. The Balaban J connectivity index is 2.40.